The number of aromatic nitrogens is 4. The lowest BCUT2D eigenvalue weighted by atomic mass is 10.0. The highest BCUT2D eigenvalue weighted by molar-refractivity contribution is 5.80. The van der Waals surface area contributed by atoms with Gasteiger partial charge in [0.1, 0.15) is 17.3 Å². The third kappa shape index (κ3) is 5.16. The van der Waals surface area contributed by atoms with Gasteiger partial charge in [0.15, 0.2) is 5.82 Å². The molecule has 2 amide bonds. The molecule has 0 bridgehead atoms. The summed E-state index contributed by atoms with van der Waals surface area (Å²) in [7, 11) is 0. The molecule has 0 spiro atoms. The van der Waals surface area contributed by atoms with E-state index in [1.807, 2.05) is 40.1 Å². The van der Waals surface area contributed by atoms with Crippen LogP contribution in [0.4, 0.5) is 15.0 Å². The number of benzene rings is 1. The summed E-state index contributed by atoms with van der Waals surface area (Å²) in [6.07, 6.45) is 5.08. The molecule has 2 fully saturated rings. The number of likely N-dealkylation sites (tertiary alicyclic amines) is 1. The first-order valence-electron chi connectivity index (χ1n) is 13.5. The molecule has 0 aliphatic carbocycles. The minimum atomic E-state index is -0.306. The quantitative estimate of drug-likeness (QED) is 0.427. The molecule has 5 heterocycles. The Kier molecular flexibility index (Phi) is 6.86. The van der Waals surface area contributed by atoms with Crippen LogP contribution in [0.2, 0.25) is 0 Å². The van der Waals surface area contributed by atoms with Crippen LogP contribution in [-0.2, 0) is 6.54 Å². The highest BCUT2D eigenvalue weighted by atomic mass is 19.1. The van der Waals surface area contributed by atoms with E-state index in [9.17, 15) is 9.18 Å². The number of piperidine rings is 1. The number of nitrogens with two attached hydrogens (primary N) is 1. The van der Waals surface area contributed by atoms with Gasteiger partial charge in [-0.2, -0.15) is 0 Å². The van der Waals surface area contributed by atoms with Crippen LogP contribution >= 0.6 is 0 Å². The number of nitrogen functional groups attached to an aromatic ring is 1. The number of urea groups is 1. The number of nitrogens with zero attached hydrogens (tertiary/aromatic N) is 7. The summed E-state index contributed by atoms with van der Waals surface area (Å²) in [6, 6.07) is 14.9. The molecule has 2 aliphatic heterocycles. The standard InChI is InChI=1S/C29H33FN8O/c1-20-18-37(15-14-36(20)19-21-7-11-33-27(31)16-21)29(39)35-12-8-23(9-13-35)38-26-6-5-22(30)17-25(26)34-28(38)24-4-2-3-10-32-24/h2-7,10-11,16-17,20,23H,8-9,12-15,18-19H2,1H3,(H2,31,33). The van der Waals surface area contributed by atoms with Gasteiger partial charge in [-0.3, -0.25) is 9.88 Å². The third-order valence-corrected chi connectivity index (χ3v) is 7.91. The minimum Gasteiger partial charge on any atom is -0.384 e. The minimum absolute atomic E-state index is 0.107. The number of piperazine rings is 1. The molecule has 2 aliphatic rings. The summed E-state index contributed by atoms with van der Waals surface area (Å²) in [5, 5.41) is 0. The number of hydrogen-bond acceptors (Lipinski definition) is 6. The summed E-state index contributed by atoms with van der Waals surface area (Å²) in [4.78, 5) is 33.2. The van der Waals surface area contributed by atoms with Crippen molar-refractivity contribution >= 4 is 22.9 Å². The normalized spacial score (nSPS) is 19.1. The van der Waals surface area contributed by atoms with E-state index in [0.29, 0.717) is 37.5 Å². The number of carbonyl (C=O) groups is 1. The van der Waals surface area contributed by atoms with Crippen molar-refractivity contribution in [2.24, 2.45) is 0 Å². The number of carbonyl (C=O) groups excluding carboxylic acids is 1. The Morgan fingerprint density at radius 3 is 2.59 bits per heavy atom. The molecule has 1 aromatic carbocycles. The molecule has 1 unspecified atom stereocenters. The summed E-state index contributed by atoms with van der Waals surface area (Å²) in [5.74, 6) is 0.960. The van der Waals surface area contributed by atoms with Gasteiger partial charge in [-0.05, 0) is 61.7 Å². The molecule has 0 radical (unpaired) electrons. The van der Waals surface area contributed by atoms with Crippen molar-refractivity contribution in [3.63, 3.8) is 0 Å². The van der Waals surface area contributed by atoms with Crippen molar-refractivity contribution in [3.8, 4) is 11.5 Å². The van der Waals surface area contributed by atoms with Gasteiger partial charge in [0.25, 0.3) is 0 Å². The molecular weight excluding hydrogens is 495 g/mol. The third-order valence-electron chi connectivity index (χ3n) is 7.91. The molecule has 2 N–H and O–H groups in total. The van der Waals surface area contributed by atoms with Gasteiger partial charge in [-0.1, -0.05) is 6.07 Å². The van der Waals surface area contributed by atoms with Gasteiger partial charge in [0.2, 0.25) is 0 Å². The zero-order valence-corrected chi connectivity index (χ0v) is 22.1. The molecule has 2 saturated heterocycles. The topological polar surface area (TPSA) is 96.4 Å². The molecule has 6 rings (SSSR count). The zero-order chi connectivity index (χ0) is 26.9. The van der Waals surface area contributed by atoms with E-state index in [1.165, 1.54) is 12.1 Å². The molecule has 1 atom stereocenters. The Hall–Kier alpha value is -4.05. The van der Waals surface area contributed by atoms with E-state index < -0.39 is 0 Å². The van der Waals surface area contributed by atoms with Crippen LogP contribution in [0.25, 0.3) is 22.6 Å². The van der Waals surface area contributed by atoms with Crippen LogP contribution < -0.4 is 5.73 Å². The second kappa shape index (κ2) is 10.6. The molecular formula is C29H33FN8O. The maximum Gasteiger partial charge on any atom is 0.320 e. The fourth-order valence-corrected chi connectivity index (χ4v) is 5.86. The van der Waals surface area contributed by atoms with Gasteiger partial charge < -0.3 is 20.1 Å². The van der Waals surface area contributed by atoms with Crippen molar-refractivity contribution in [2.45, 2.75) is 38.4 Å². The summed E-state index contributed by atoms with van der Waals surface area (Å²) in [5.41, 5.74) is 9.25. The molecule has 10 heteroatoms. The molecule has 4 aromatic rings. The Bertz CT molecular complexity index is 1470. The van der Waals surface area contributed by atoms with E-state index in [-0.39, 0.29) is 23.9 Å². The van der Waals surface area contributed by atoms with Crippen molar-refractivity contribution < 1.29 is 9.18 Å². The van der Waals surface area contributed by atoms with Crippen LogP contribution in [-0.4, -0.2) is 79.0 Å². The largest absolute Gasteiger partial charge is 0.384 e. The lowest BCUT2D eigenvalue weighted by molar-refractivity contribution is 0.0712. The van der Waals surface area contributed by atoms with E-state index in [4.69, 9.17) is 10.7 Å². The van der Waals surface area contributed by atoms with Crippen LogP contribution in [0.1, 0.15) is 31.4 Å². The highest BCUT2D eigenvalue weighted by Crippen LogP contribution is 2.33. The number of amides is 2. The Labute approximate surface area is 227 Å². The van der Waals surface area contributed by atoms with Crippen molar-refractivity contribution in [2.75, 3.05) is 38.5 Å². The SMILES string of the molecule is CC1CN(C(=O)N2CCC(n3c(-c4ccccn4)nc4cc(F)ccc43)CC2)CCN1Cc1ccnc(N)c1. The molecule has 0 saturated carbocycles. The zero-order valence-electron chi connectivity index (χ0n) is 22.1. The van der Waals surface area contributed by atoms with Crippen molar-refractivity contribution in [3.05, 3.63) is 72.3 Å². The smallest absolute Gasteiger partial charge is 0.320 e. The summed E-state index contributed by atoms with van der Waals surface area (Å²) < 4.78 is 16.2. The van der Waals surface area contributed by atoms with Crippen molar-refractivity contribution in [1.29, 1.82) is 0 Å². The number of hydrogen-bond donors (Lipinski definition) is 1. The number of imidazole rings is 1. The molecule has 3 aromatic heterocycles. The Morgan fingerprint density at radius 1 is 1.00 bits per heavy atom. The summed E-state index contributed by atoms with van der Waals surface area (Å²) in [6.45, 7) is 6.50. The average Bonchev–Trinajstić information content (AvgIpc) is 3.33. The first kappa shape index (κ1) is 25.2. The Morgan fingerprint density at radius 2 is 1.85 bits per heavy atom. The second-order valence-electron chi connectivity index (χ2n) is 10.5. The molecule has 9 nitrogen and oxygen atoms in total. The fourth-order valence-electron chi connectivity index (χ4n) is 5.86. The lowest BCUT2D eigenvalue weighted by Gasteiger charge is -2.43. The first-order chi connectivity index (χ1) is 19.0. The second-order valence-corrected chi connectivity index (χ2v) is 10.5. The lowest BCUT2D eigenvalue weighted by Crippen LogP contribution is -2.57. The first-order valence-corrected chi connectivity index (χ1v) is 13.5. The van der Waals surface area contributed by atoms with Crippen LogP contribution in [0.3, 0.4) is 0 Å². The van der Waals surface area contributed by atoms with Crippen LogP contribution in [0.15, 0.2) is 60.9 Å². The van der Waals surface area contributed by atoms with Gasteiger partial charge in [0, 0.05) is 69.8 Å². The number of fused-ring (bicyclic) bond motifs is 1. The molecule has 39 heavy (non-hydrogen) atoms. The van der Waals surface area contributed by atoms with E-state index in [2.05, 4.69) is 26.4 Å². The van der Waals surface area contributed by atoms with Gasteiger partial charge in [-0.15, -0.1) is 0 Å². The Balaban J connectivity index is 1.12. The number of anilines is 1. The van der Waals surface area contributed by atoms with Gasteiger partial charge >= 0.3 is 6.03 Å². The number of halogens is 1. The summed E-state index contributed by atoms with van der Waals surface area (Å²) >= 11 is 0. The maximum atomic E-state index is 14.0. The van der Waals surface area contributed by atoms with Crippen LogP contribution in [0, 0.1) is 5.82 Å². The number of pyridine rings is 2. The predicted octanol–water partition coefficient (Wildman–Crippen LogP) is 4.18. The van der Waals surface area contributed by atoms with Gasteiger partial charge in [-0.25, -0.2) is 19.2 Å². The van der Waals surface area contributed by atoms with E-state index >= 15 is 0 Å². The monoisotopic (exact) mass is 528 g/mol. The predicted molar refractivity (Wildman–Crippen MR) is 148 cm³/mol. The average molecular weight is 529 g/mol. The van der Waals surface area contributed by atoms with E-state index in [1.54, 1.807) is 18.5 Å². The fraction of sp³-hybridized carbons (Fsp3) is 0.379. The van der Waals surface area contributed by atoms with E-state index in [0.717, 1.165) is 48.5 Å². The van der Waals surface area contributed by atoms with Crippen LogP contribution in [0.5, 0.6) is 0 Å². The highest BCUT2D eigenvalue weighted by Gasteiger charge is 2.33. The van der Waals surface area contributed by atoms with Crippen molar-refractivity contribution in [1.82, 2.24) is 34.2 Å². The number of rotatable bonds is 4. The molecule has 202 valence electrons. The van der Waals surface area contributed by atoms with Gasteiger partial charge in [0.05, 0.1) is 11.0 Å². The maximum absolute atomic E-state index is 14.0.